The lowest BCUT2D eigenvalue weighted by Crippen LogP contribution is -2.42. The molecule has 0 amide bonds. The minimum Gasteiger partial charge on any atom is -0.382 e. The number of nitrogens with zero attached hydrogens (tertiary/aromatic N) is 1. The lowest BCUT2D eigenvalue weighted by molar-refractivity contribution is 0.0698. The van der Waals surface area contributed by atoms with Gasteiger partial charge in [-0.25, -0.2) is 13.1 Å². The van der Waals surface area contributed by atoms with Crippen LogP contribution in [-0.2, 0) is 19.5 Å². The number of benzene rings is 1. The molecule has 0 bridgehead atoms. The van der Waals surface area contributed by atoms with Crippen LogP contribution >= 0.6 is 35.6 Å². The first-order chi connectivity index (χ1) is 12.5. The summed E-state index contributed by atoms with van der Waals surface area (Å²) in [5, 5.41) is 6.55. The average Bonchev–Trinajstić information content (AvgIpc) is 2.62. The predicted octanol–water partition coefficient (Wildman–Crippen LogP) is 1.45. The van der Waals surface area contributed by atoms with Crippen LogP contribution in [-0.4, -0.2) is 68.0 Å². The zero-order valence-corrected chi connectivity index (χ0v) is 19.4. The number of guanidine groups is 1. The van der Waals surface area contributed by atoms with E-state index < -0.39 is 10.0 Å². The van der Waals surface area contributed by atoms with Crippen molar-refractivity contribution in [3.8, 4) is 0 Å². The number of methoxy groups -OCH3 is 1. The van der Waals surface area contributed by atoms with E-state index in [1.807, 2.05) is 0 Å². The van der Waals surface area contributed by atoms with Gasteiger partial charge < -0.3 is 20.1 Å². The third-order valence-electron chi connectivity index (χ3n) is 3.23. The lowest BCUT2D eigenvalue weighted by Gasteiger charge is -2.12. The molecule has 0 heterocycles. The lowest BCUT2D eigenvalue weighted by atomic mass is 10.4. The molecule has 0 aromatic heterocycles. The third-order valence-corrected chi connectivity index (χ3v) is 4.92. The molecule has 11 heteroatoms. The maximum atomic E-state index is 12.2. The van der Waals surface area contributed by atoms with Gasteiger partial charge in [-0.2, -0.15) is 0 Å². The van der Waals surface area contributed by atoms with Crippen LogP contribution in [0.3, 0.4) is 0 Å². The Morgan fingerprint density at radius 3 is 2.56 bits per heavy atom. The van der Waals surface area contributed by atoms with Crippen molar-refractivity contribution in [2.45, 2.75) is 11.3 Å². The Hall–Kier alpha value is -0.660. The van der Waals surface area contributed by atoms with Crippen LogP contribution in [0.4, 0.5) is 0 Å². The van der Waals surface area contributed by atoms with Crippen LogP contribution < -0.4 is 15.4 Å². The van der Waals surface area contributed by atoms with E-state index in [0.717, 1.165) is 6.42 Å². The van der Waals surface area contributed by atoms with Gasteiger partial charge in [0.05, 0.1) is 18.1 Å². The third kappa shape index (κ3) is 11.7. The van der Waals surface area contributed by atoms with E-state index in [2.05, 4.69) is 20.3 Å². The highest BCUT2D eigenvalue weighted by Crippen LogP contribution is 2.14. The van der Waals surface area contributed by atoms with Crippen molar-refractivity contribution < 1.29 is 17.9 Å². The Balaban J connectivity index is 0.00000676. The Morgan fingerprint density at radius 1 is 1.15 bits per heavy atom. The fraction of sp³-hybridized carbons (Fsp3) is 0.562. The first-order valence-corrected chi connectivity index (χ1v) is 10.1. The van der Waals surface area contributed by atoms with Crippen LogP contribution in [0.2, 0.25) is 5.02 Å². The molecule has 0 saturated heterocycles. The molecule has 0 unspecified atom stereocenters. The number of nitrogens with one attached hydrogen (secondary N) is 3. The number of hydrogen-bond acceptors (Lipinski definition) is 5. The van der Waals surface area contributed by atoms with Gasteiger partial charge in [0.15, 0.2) is 5.96 Å². The van der Waals surface area contributed by atoms with Crippen LogP contribution in [0.5, 0.6) is 0 Å². The number of ether oxygens (including phenoxy) is 2. The first-order valence-electron chi connectivity index (χ1n) is 8.26. The maximum Gasteiger partial charge on any atom is 0.240 e. The molecule has 0 atom stereocenters. The SMILES string of the molecule is CN=C(NCCCOCCOC)NCCNS(=O)(=O)c1cccc(Cl)c1.I. The summed E-state index contributed by atoms with van der Waals surface area (Å²) >= 11 is 5.82. The number of aliphatic imine (C=N–C) groups is 1. The van der Waals surface area contributed by atoms with Crippen LogP contribution in [0.1, 0.15) is 6.42 Å². The van der Waals surface area contributed by atoms with E-state index >= 15 is 0 Å². The molecule has 1 aromatic carbocycles. The van der Waals surface area contributed by atoms with Gasteiger partial charge in [-0.3, -0.25) is 4.99 Å². The van der Waals surface area contributed by atoms with E-state index in [9.17, 15) is 8.42 Å². The quantitative estimate of drug-likeness (QED) is 0.162. The van der Waals surface area contributed by atoms with Gasteiger partial charge in [-0.15, -0.1) is 24.0 Å². The van der Waals surface area contributed by atoms with E-state index in [-0.39, 0.29) is 35.4 Å². The zero-order valence-electron chi connectivity index (χ0n) is 15.5. The molecular weight excluding hydrogens is 507 g/mol. The summed E-state index contributed by atoms with van der Waals surface area (Å²) in [6, 6.07) is 6.13. The highest BCUT2D eigenvalue weighted by molar-refractivity contribution is 14.0. The second-order valence-corrected chi connectivity index (χ2v) is 7.44. The smallest absolute Gasteiger partial charge is 0.240 e. The molecule has 1 aromatic rings. The van der Waals surface area contributed by atoms with E-state index in [0.29, 0.717) is 43.9 Å². The minimum absolute atomic E-state index is 0. The number of rotatable bonds is 12. The highest BCUT2D eigenvalue weighted by Gasteiger charge is 2.13. The van der Waals surface area contributed by atoms with Crippen LogP contribution in [0, 0.1) is 0 Å². The van der Waals surface area contributed by atoms with Crippen molar-refractivity contribution in [1.82, 2.24) is 15.4 Å². The van der Waals surface area contributed by atoms with Crippen molar-refractivity contribution in [2.75, 3.05) is 53.6 Å². The van der Waals surface area contributed by atoms with Crippen molar-refractivity contribution in [1.29, 1.82) is 0 Å². The highest BCUT2D eigenvalue weighted by atomic mass is 127. The minimum atomic E-state index is -3.58. The molecule has 1 rings (SSSR count). The monoisotopic (exact) mass is 534 g/mol. The Labute approximate surface area is 183 Å². The molecule has 3 N–H and O–H groups in total. The molecule has 0 aliphatic heterocycles. The normalized spacial score (nSPS) is 11.7. The summed E-state index contributed by atoms with van der Waals surface area (Å²) in [6.07, 6.45) is 0.825. The molecule has 0 saturated carbocycles. The Kier molecular flexibility index (Phi) is 14.9. The second-order valence-electron chi connectivity index (χ2n) is 5.24. The summed E-state index contributed by atoms with van der Waals surface area (Å²) in [7, 11) is -0.293. The van der Waals surface area contributed by atoms with Crippen LogP contribution in [0.25, 0.3) is 0 Å². The maximum absolute atomic E-state index is 12.2. The second kappa shape index (κ2) is 15.3. The van der Waals surface area contributed by atoms with E-state index in [1.165, 1.54) is 12.1 Å². The fourth-order valence-electron chi connectivity index (χ4n) is 1.93. The average molecular weight is 535 g/mol. The van der Waals surface area contributed by atoms with E-state index in [4.69, 9.17) is 21.1 Å². The van der Waals surface area contributed by atoms with Crippen molar-refractivity contribution in [3.63, 3.8) is 0 Å². The first kappa shape index (κ1) is 26.3. The molecule has 0 aliphatic rings. The number of halogens is 2. The molecular formula is C16H28ClIN4O4S. The van der Waals surface area contributed by atoms with Gasteiger partial charge in [-0.05, 0) is 24.6 Å². The predicted molar refractivity (Wildman–Crippen MR) is 119 cm³/mol. The van der Waals surface area contributed by atoms with Gasteiger partial charge in [-0.1, -0.05) is 17.7 Å². The topological polar surface area (TPSA) is 101 Å². The van der Waals surface area contributed by atoms with Crippen molar-refractivity contribution >= 4 is 51.6 Å². The fourth-order valence-corrected chi connectivity index (χ4v) is 3.26. The largest absolute Gasteiger partial charge is 0.382 e. The molecule has 0 radical (unpaired) electrons. The summed E-state index contributed by atoms with van der Waals surface area (Å²) in [4.78, 5) is 4.22. The van der Waals surface area contributed by atoms with E-state index in [1.54, 1.807) is 26.3 Å². The Morgan fingerprint density at radius 2 is 1.89 bits per heavy atom. The molecule has 8 nitrogen and oxygen atoms in total. The van der Waals surface area contributed by atoms with Gasteiger partial charge >= 0.3 is 0 Å². The van der Waals surface area contributed by atoms with Gasteiger partial charge in [0.25, 0.3) is 0 Å². The summed E-state index contributed by atoms with van der Waals surface area (Å²) < 4.78 is 37.1. The number of sulfonamides is 1. The standard InChI is InChI=1S/C16H27ClN4O4S.HI/c1-18-16(19-7-4-10-25-12-11-24-2)20-8-9-21-26(22,23)15-6-3-5-14(17)13-15;/h3,5-6,13,21H,4,7-12H2,1-2H3,(H2,18,19,20);1H. The van der Waals surface area contributed by atoms with Crippen molar-refractivity contribution in [2.24, 2.45) is 4.99 Å². The molecule has 0 spiro atoms. The summed E-state index contributed by atoms with van der Waals surface area (Å²) in [5.41, 5.74) is 0. The number of hydrogen-bond donors (Lipinski definition) is 3. The van der Waals surface area contributed by atoms with Gasteiger partial charge in [0, 0.05) is 45.4 Å². The molecule has 0 fully saturated rings. The van der Waals surface area contributed by atoms with Gasteiger partial charge in [0.1, 0.15) is 0 Å². The Bertz CT molecular complexity index is 662. The molecule has 0 aliphatic carbocycles. The zero-order chi connectivity index (χ0) is 19.3. The van der Waals surface area contributed by atoms with Crippen LogP contribution in [0.15, 0.2) is 34.2 Å². The van der Waals surface area contributed by atoms with Crippen molar-refractivity contribution in [3.05, 3.63) is 29.3 Å². The van der Waals surface area contributed by atoms with Gasteiger partial charge in [0.2, 0.25) is 10.0 Å². The summed E-state index contributed by atoms with van der Waals surface area (Å²) in [6.45, 7) is 3.10. The molecule has 27 heavy (non-hydrogen) atoms. The molecule has 156 valence electrons. The summed E-state index contributed by atoms with van der Waals surface area (Å²) in [5.74, 6) is 0.601.